The van der Waals surface area contributed by atoms with Crippen molar-refractivity contribution in [1.29, 1.82) is 0 Å². The third-order valence-corrected chi connectivity index (χ3v) is 5.69. The van der Waals surface area contributed by atoms with Gasteiger partial charge in [0.15, 0.2) is 11.5 Å². The first kappa shape index (κ1) is 18.1. The number of ether oxygens (including phenoxy) is 2. The van der Waals surface area contributed by atoms with Crippen molar-refractivity contribution in [2.24, 2.45) is 0 Å². The van der Waals surface area contributed by atoms with E-state index >= 15 is 0 Å². The van der Waals surface area contributed by atoms with Crippen LogP contribution >= 0.6 is 11.6 Å². The summed E-state index contributed by atoms with van der Waals surface area (Å²) in [5.41, 5.74) is 5.54. The second-order valence-corrected chi connectivity index (χ2v) is 7.75. The second kappa shape index (κ2) is 7.45. The number of fused-ring (bicyclic) bond motifs is 4. The summed E-state index contributed by atoms with van der Waals surface area (Å²) in [6.07, 6.45) is 0.265. The van der Waals surface area contributed by atoms with Crippen molar-refractivity contribution in [3.8, 4) is 22.6 Å². The first-order chi connectivity index (χ1) is 14.2. The van der Waals surface area contributed by atoms with Crippen LogP contribution in [0.15, 0.2) is 60.7 Å². The highest BCUT2D eigenvalue weighted by atomic mass is 35.5. The average molecular weight is 406 g/mol. The van der Waals surface area contributed by atoms with Gasteiger partial charge in [-0.3, -0.25) is 4.79 Å². The normalized spacial score (nSPS) is 14.6. The number of benzene rings is 3. The standard InChI is InChI=1S/C24H20ClNO3/c25-21-11-16(12-22-24(21)29-10-9-28-22)13-23(27)26-14-17-5-1-3-7-19(17)20-8-4-2-6-18(20)15-26/h1-8,11-12H,9-10,13-15H2. The summed E-state index contributed by atoms with van der Waals surface area (Å²) in [5.74, 6) is 1.23. The monoisotopic (exact) mass is 405 g/mol. The molecule has 0 aromatic heterocycles. The lowest BCUT2D eigenvalue weighted by molar-refractivity contribution is -0.131. The molecular weight excluding hydrogens is 386 g/mol. The molecule has 146 valence electrons. The third kappa shape index (κ3) is 3.45. The van der Waals surface area contributed by atoms with E-state index < -0.39 is 0 Å². The first-order valence-electron chi connectivity index (χ1n) is 9.71. The first-order valence-corrected chi connectivity index (χ1v) is 10.1. The van der Waals surface area contributed by atoms with Crippen LogP contribution in [0, 0.1) is 0 Å². The fourth-order valence-electron chi connectivity index (χ4n) is 4.04. The summed E-state index contributed by atoms with van der Waals surface area (Å²) in [7, 11) is 0. The molecule has 2 heterocycles. The van der Waals surface area contributed by atoms with E-state index in [0.29, 0.717) is 42.8 Å². The van der Waals surface area contributed by atoms with Gasteiger partial charge in [0, 0.05) is 13.1 Å². The van der Waals surface area contributed by atoms with Crippen molar-refractivity contribution in [1.82, 2.24) is 4.90 Å². The van der Waals surface area contributed by atoms with Gasteiger partial charge in [0.2, 0.25) is 5.91 Å². The Morgan fingerprint density at radius 1 is 0.897 bits per heavy atom. The SMILES string of the molecule is O=C(Cc1cc(Cl)c2c(c1)OCCO2)N1Cc2ccccc2-c2ccccc2C1. The Morgan fingerprint density at radius 3 is 2.21 bits per heavy atom. The quantitative estimate of drug-likeness (QED) is 0.611. The number of rotatable bonds is 2. The molecule has 3 aromatic carbocycles. The summed E-state index contributed by atoms with van der Waals surface area (Å²) in [6.45, 7) is 2.14. The van der Waals surface area contributed by atoms with Crippen molar-refractivity contribution in [3.05, 3.63) is 82.4 Å². The predicted molar refractivity (Wildman–Crippen MR) is 112 cm³/mol. The van der Waals surface area contributed by atoms with Gasteiger partial charge in [0.1, 0.15) is 13.2 Å². The van der Waals surface area contributed by atoms with Crippen molar-refractivity contribution in [3.63, 3.8) is 0 Å². The molecule has 0 saturated carbocycles. The van der Waals surface area contributed by atoms with E-state index in [9.17, 15) is 4.79 Å². The minimum absolute atomic E-state index is 0.0595. The summed E-state index contributed by atoms with van der Waals surface area (Å²) >= 11 is 6.35. The smallest absolute Gasteiger partial charge is 0.227 e. The van der Waals surface area contributed by atoms with Crippen LogP contribution < -0.4 is 9.47 Å². The van der Waals surface area contributed by atoms with Gasteiger partial charge in [-0.05, 0) is 39.9 Å². The number of amides is 1. The Hall–Kier alpha value is -2.98. The van der Waals surface area contributed by atoms with E-state index in [1.54, 1.807) is 6.07 Å². The van der Waals surface area contributed by atoms with E-state index in [2.05, 4.69) is 24.3 Å². The fourth-order valence-corrected chi connectivity index (χ4v) is 4.33. The summed E-state index contributed by atoms with van der Waals surface area (Å²) in [6, 6.07) is 20.2. The molecule has 0 unspecified atom stereocenters. The molecule has 0 bridgehead atoms. The van der Waals surface area contributed by atoms with E-state index in [4.69, 9.17) is 21.1 Å². The lowest BCUT2D eigenvalue weighted by Gasteiger charge is -2.23. The fraction of sp³-hybridized carbons (Fsp3) is 0.208. The zero-order valence-corrected chi connectivity index (χ0v) is 16.6. The highest BCUT2D eigenvalue weighted by Gasteiger charge is 2.24. The Labute approximate surface area is 174 Å². The van der Waals surface area contributed by atoms with Crippen LogP contribution in [-0.2, 0) is 24.3 Å². The van der Waals surface area contributed by atoms with E-state index in [-0.39, 0.29) is 12.3 Å². The lowest BCUT2D eigenvalue weighted by atomic mass is 9.97. The molecule has 5 rings (SSSR count). The zero-order valence-electron chi connectivity index (χ0n) is 15.9. The van der Waals surface area contributed by atoms with Gasteiger partial charge in [-0.1, -0.05) is 60.1 Å². The number of hydrogen-bond donors (Lipinski definition) is 0. The topological polar surface area (TPSA) is 38.8 Å². The molecular formula is C24H20ClNO3. The van der Waals surface area contributed by atoms with Crippen LogP contribution in [0.3, 0.4) is 0 Å². The molecule has 1 amide bonds. The number of carbonyl (C=O) groups is 1. The Bertz CT molecular complexity index is 1050. The Balaban J connectivity index is 1.45. The maximum absolute atomic E-state index is 13.2. The predicted octanol–water partition coefficient (Wildman–Crippen LogP) is 4.86. The maximum atomic E-state index is 13.2. The van der Waals surface area contributed by atoms with Gasteiger partial charge in [-0.15, -0.1) is 0 Å². The molecule has 29 heavy (non-hydrogen) atoms. The van der Waals surface area contributed by atoms with Crippen LogP contribution in [-0.4, -0.2) is 24.0 Å². The van der Waals surface area contributed by atoms with Crippen LogP contribution in [0.4, 0.5) is 0 Å². The maximum Gasteiger partial charge on any atom is 0.227 e. The highest BCUT2D eigenvalue weighted by Crippen LogP contribution is 2.39. The zero-order chi connectivity index (χ0) is 19.8. The second-order valence-electron chi connectivity index (χ2n) is 7.34. The molecule has 0 radical (unpaired) electrons. The average Bonchev–Trinajstić information content (AvgIpc) is 2.91. The minimum Gasteiger partial charge on any atom is -0.486 e. The lowest BCUT2D eigenvalue weighted by Crippen LogP contribution is -2.30. The van der Waals surface area contributed by atoms with Gasteiger partial charge in [0.05, 0.1) is 11.4 Å². The van der Waals surface area contributed by atoms with Crippen molar-refractivity contribution < 1.29 is 14.3 Å². The van der Waals surface area contributed by atoms with Crippen molar-refractivity contribution in [2.75, 3.05) is 13.2 Å². The largest absolute Gasteiger partial charge is 0.486 e. The molecule has 0 saturated heterocycles. The molecule has 0 aliphatic carbocycles. The molecule has 2 aliphatic heterocycles. The number of carbonyl (C=O) groups excluding carboxylic acids is 1. The van der Waals surface area contributed by atoms with Crippen LogP contribution in [0.2, 0.25) is 5.02 Å². The molecule has 0 spiro atoms. The summed E-state index contributed by atoms with van der Waals surface area (Å²) < 4.78 is 11.2. The summed E-state index contributed by atoms with van der Waals surface area (Å²) in [5, 5.41) is 0.483. The van der Waals surface area contributed by atoms with Gasteiger partial charge >= 0.3 is 0 Å². The van der Waals surface area contributed by atoms with Crippen LogP contribution in [0.5, 0.6) is 11.5 Å². The molecule has 0 fully saturated rings. The molecule has 0 atom stereocenters. The number of hydrogen-bond acceptors (Lipinski definition) is 3. The Kier molecular flexibility index (Phi) is 4.64. The number of halogens is 1. The van der Waals surface area contributed by atoms with Gasteiger partial charge < -0.3 is 14.4 Å². The highest BCUT2D eigenvalue weighted by molar-refractivity contribution is 6.32. The van der Waals surface area contributed by atoms with Crippen LogP contribution in [0.25, 0.3) is 11.1 Å². The van der Waals surface area contributed by atoms with Gasteiger partial charge in [-0.2, -0.15) is 0 Å². The van der Waals surface area contributed by atoms with Gasteiger partial charge in [-0.25, -0.2) is 0 Å². The van der Waals surface area contributed by atoms with Crippen LogP contribution in [0.1, 0.15) is 16.7 Å². The molecule has 0 N–H and O–H groups in total. The third-order valence-electron chi connectivity index (χ3n) is 5.41. The number of nitrogens with zero attached hydrogens (tertiary/aromatic N) is 1. The van der Waals surface area contributed by atoms with Crippen molar-refractivity contribution in [2.45, 2.75) is 19.5 Å². The molecule has 4 nitrogen and oxygen atoms in total. The molecule has 2 aliphatic rings. The Morgan fingerprint density at radius 2 is 1.52 bits per heavy atom. The molecule has 3 aromatic rings. The minimum atomic E-state index is 0.0595. The van der Waals surface area contributed by atoms with Gasteiger partial charge in [0.25, 0.3) is 0 Å². The summed E-state index contributed by atoms with van der Waals surface area (Å²) in [4.78, 5) is 15.1. The van der Waals surface area contributed by atoms with E-state index in [0.717, 1.165) is 16.7 Å². The van der Waals surface area contributed by atoms with E-state index in [1.807, 2.05) is 35.2 Å². The molecule has 5 heteroatoms. The van der Waals surface area contributed by atoms with Crippen molar-refractivity contribution >= 4 is 17.5 Å². The van der Waals surface area contributed by atoms with E-state index in [1.165, 1.54) is 11.1 Å².